The maximum absolute atomic E-state index is 12.2. The van der Waals surface area contributed by atoms with E-state index in [0.717, 1.165) is 0 Å². The van der Waals surface area contributed by atoms with Gasteiger partial charge in [-0.25, -0.2) is 14.8 Å². The number of aliphatic hydroxyl groups excluding tert-OH is 2. The average molecular weight is 526 g/mol. The van der Waals surface area contributed by atoms with E-state index >= 15 is 0 Å². The Balaban J connectivity index is 1.25. The lowest BCUT2D eigenvalue weighted by molar-refractivity contribution is -0.121. The van der Waals surface area contributed by atoms with Crippen LogP contribution < -0.4 is 16.4 Å². The van der Waals surface area contributed by atoms with Crippen molar-refractivity contribution in [3.8, 4) is 0 Å². The van der Waals surface area contributed by atoms with Gasteiger partial charge < -0.3 is 36.2 Å². The predicted octanol–water partition coefficient (Wildman–Crippen LogP) is 1.60. The number of fused-ring (bicyclic) bond motifs is 1. The third-order valence-corrected chi connectivity index (χ3v) is 6.58. The molecule has 0 saturated carbocycles. The number of anilines is 2. The topological polar surface area (TPSA) is 168 Å². The first kappa shape index (κ1) is 27.3. The Labute approximate surface area is 220 Å². The third-order valence-electron chi connectivity index (χ3n) is 6.58. The van der Waals surface area contributed by atoms with Crippen LogP contribution in [0.2, 0.25) is 0 Å². The number of aliphatic hydroxyl groups is 2. The Morgan fingerprint density at radius 1 is 1.18 bits per heavy atom. The number of nitrogens with two attached hydrogens (primary N) is 1. The second-order valence-electron chi connectivity index (χ2n) is 10.4. The number of ether oxygens (including phenoxy) is 1. The number of nitrogens with zero attached hydrogens (tertiary/aromatic N) is 4. The molecule has 204 valence electrons. The number of pyridine rings is 1. The first-order chi connectivity index (χ1) is 18.1. The van der Waals surface area contributed by atoms with Crippen LogP contribution in [0, 0.1) is 0 Å². The monoisotopic (exact) mass is 525 g/mol. The van der Waals surface area contributed by atoms with Crippen LogP contribution in [0.3, 0.4) is 0 Å². The highest BCUT2D eigenvalue weighted by Crippen LogP contribution is 2.32. The summed E-state index contributed by atoms with van der Waals surface area (Å²) in [6.07, 6.45) is -0.135. The van der Waals surface area contributed by atoms with Crippen molar-refractivity contribution in [3.63, 3.8) is 0 Å². The summed E-state index contributed by atoms with van der Waals surface area (Å²) in [5, 5.41) is 26.8. The zero-order valence-electron chi connectivity index (χ0n) is 21.7. The zero-order chi connectivity index (χ0) is 27.4. The fraction of sp³-hybridized carbons (Fsp3) is 0.462. The zero-order valence-corrected chi connectivity index (χ0v) is 21.7. The molecule has 1 fully saturated rings. The van der Waals surface area contributed by atoms with Crippen LogP contribution in [0.15, 0.2) is 42.9 Å². The summed E-state index contributed by atoms with van der Waals surface area (Å²) in [5.74, 6) is 0. The number of aromatic nitrogens is 3. The van der Waals surface area contributed by atoms with Crippen molar-refractivity contribution in [3.05, 3.63) is 48.4 Å². The number of carbonyl (C=O) groups is 2. The van der Waals surface area contributed by atoms with Gasteiger partial charge >= 0.3 is 6.03 Å². The molecule has 1 saturated heterocycles. The Morgan fingerprint density at radius 3 is 2.61 bits per heavy atom. The smallest absolute Gasteiger partial charge is 0.319 e. The largest absolute Gasteiger partial charge is 0.397 e. The molecule has 3 aromatic rings. The van der Waals surface area contributed by atoms with E-state index in [1.165, 1.54) is 27.6 Å². The van der Waals surface area contributed by atoms with Gasteiger partial charge in [-0.15, -0.1) is 0 Å². The summed E-state index contributed by atoms with van der Waals surface area (Å²) in [7, 11) is 0. The van der Waals surface area contributed by atoms with E-state index in [9.17, 15) is 19.8 Å². The SMILES string of the molecule is CC(C)(C)c1ccc(NC(=O)NCCCN(C=O)C[C@H]2O[C@@H](n3cnc4c(N)ccnc43)[C@H](O)[C@@H]2O)cc1. The van der Waals surface area contributed by atoms with Crippen LogP contribution in [0.5, 0.6) is 0 Å². The summed E-state index contributed by atoms with van der Waals surface area (Å²) >= 11 is 0. The summed E-state index contributed by atoms with van der Waals surface area (Å²) in [6, 6.07) is 8.97. The molecule has 0 unspecified atom stereocenters. The summed E-state index contributed by atoms with van der Waals surface area (Å²) in [5.41, 5.74) is 9.15. The van der Waals surface area contributed by atoms with Crippen molar-refractivity contribution >= 4 is 35.0 Å². The molecule has 3 heterocycles. The molecule has 1 aliphatic heterocycles. The van der Waals surface area contributed by atoms with Crippen LogP contribution in [0.1, 0.15) is 39.0 Å². The highest BCUT2D eigenvalue weighted by molar-refractivity contribution is 5.89. The third kappa shape index (κ3) is 6.04. The minimum atomic E-state index is -1.25. The standard InChI is InChI=1S/C26H35N7O5/c1-26(2,3)16-5-7-17(8-6-16)31-25(37)29-10-4-12-32(15-34)13-19-21(35)22(36)24(38-19)33-14-30-20-18(27)9-11-28-23(20)33/h5-9,11,14-15,19,21-22,24,35-36H,4,10,12-13H2,1-3H3,(H2,27,28)(H2,29,31,37)/t19-,21-,22-,24-/m1/s1. The second-order valence-corrected chi connectivity index (χ2v) is 10.4. The van der Waals surface area contributed by atoms with Gasteiger partial charge in [-0.2, -0.15) is 0 Å². The van der Waals surface area contributed by atoms with Crippen LogP contribution in [0.4, 0.5) is 16.2 Å². The van der Waals surface area contributed by atoms with Gasteiger partial charge in [0, 0.05) is 31.5 Å². The predicted molar refractivity (Wildman–Crippen MR) is 142 cm³/mol. The summed E-state index contributed by atoms with van der Waals surface area (Å²) < 4.78 is 7.43. The van der Waals surface area contributed by atoms with Crippen molar-refractivity contribution in [2.75, 3.05) is 30.7 Å². The Bertz CT molecular complexity index is 1260. The number of benzene rings is 1. The van der Waals surface area contributed by atoms with Gasteiger partial charge in [-0.3, -0.25) is 9.36 Å². The molecule has 12 heteroatoms. The number of carbonyl (C=O) groups excluding carboxylic acids is 2. The lowest BCUT2D eigenvalue weighted by Crippen LogP contribution is -2.40. The normalized spacial score (nSPS) is 21.4. The molecular weight excluding hydrogens is 490 g/mol. The number of hydrogen-bond donors (Lipinski definition) is 5. The van der Waals surface area contributed by atoms with Gasteiger partial charge in [0.25, 0.3) is 0 Å². The summed E-state index contributed by atoms with van der Waals surface area (Å²) in [6.45, 7) is 7.10. The van der Waals surface area contributed by atoms with Crippen molar-refractivity contribution in [2.45, 2.75) is 57.1 Å². The number of rotatable bonds is 9. The molecule has 2 aromatic heterocycles. The highest BCUT2D eigenvalue weighted by atomic mass is 16.6. The minimum Gasteiger partial charge on any atom is -0.397 e. The molecule has 0 aliphatic carbocycles. The fourth-order valence-electron chi connectivity index (χ4n) is 4.38. The van der Waals surface area contributed by atoms with Crippen LogP contribution >= 0.6 is 0 Å². The van der Waals surface area contributed by atoms with Gasteiger partial charge in [0.05, 0.1) is 12.0 Å². The summed E-state index contributed by atoms with van der Waals surface area (Å²) in [4.78, 5) is 33.8. The molecule has 0 bridgehead atoms. The Hall–Kier alpha value is -3.74. The van der Waals surface area contributed by atoms with Crippen molar-refractivity contribution < 1.29 is 24.5 Å². The molecule has 0 radical (unpaired) electrons. The molecule has 4 rings (SSSR count). The van der Waals surface area contributed by atoms with Gasteiger partial charge in [-0.05, 0) is 35.6 Å². The van der Waals surface area contributed by atoms with E-state index < -0.39 is 24.5 Å². The van der Waals surface area contributed by atoms with Crippen LogP contribution in [-0.2, 0) is 14.9 Å². The van der Waals surface area contributed by atoms with E-state index in [-0.39, 0.29) is 18.0 Å². The quantitative estimate of drug-likeness (QED) is 0.207. The first-order valence-corrected chi connectivity index (χ1v) is 12.5. The lowest BCUT2D eigenvalue weighted by atomic mass is 9.87. The Kier molecular flexibility index (Phi) is 8.14. The Morgan fingerprint density at radius 2 is 1.92 bits per heavy atom. The molecule has 0 spiro atoms. The van der Waals surface area contributed by atoms with Gasteiger partial charge in [0.15, 0.2) is 11.9 Å². The van der Waals surface area contributed by atoms with E-state index in [2.05, 4.69) is 41.4 Å². The molecule has 6 N–H and O–H groups in total. The van der Waals surface area contributed by atoms with Gasteiger partial charge in [0.1, 0.15) is 23.8 Å². The molecule has 1 aromatic carbocycles. The molecule has 4 atom stereocenters. The first-order valence-electron chi connectivity index (χ1n) is 12.5. The molecule has 1 aliphatic rings. The number of amides is 3. The van der Waals surface area contributed by atoms with Crippen LogP contribution in [0.25, 0.3) is 11.2 Å². The highest BCUT2D eigenvalue weighted by Gasteiger charge is 2.44. The molecule has 12 nitrogen and oxygen atoms in total. The maximum atomic E-state index is 12.2. The minimum absolute atomic E-state index is 0.0312. The van der Waals surface area contributed by atoms with Crippen molar-refractivity contribution in [2.24, 2.45) is 0 Å². The van der Waals surface area contributed by atoms with E-state index in [4.69, 9.17) is 10.5 Å². The molecule has 38 heavy (non-hydrogen) atoms. The van der Waals surface area contributed by atoms with Gasteiger partial charge in [0.2, 0.25) is 6.41 Å². The van der Waals surface area contributed by atoms with E-state index in [1.54, 1.807) is 6.07 Å². The van der Waals surface area contributed by atoms with E-state index in [0.29, 0.717) is 48.5 Å². The maximum Gasteiger partial charge on any atom is 0.319 e. The van der Waals surface area contributed by atoms with Gasteiger partial charge in [-0.1, -0.05) is 32.9 Å². The number of nitrogens with one attached hydrogen (secondary N) is 2. The fourth-order valence-corrected chi connectivity index (χ4v) is 4.38. The van der Waals surface area contributed by atoms with Crippen LogP contribution in [-0.4, -0.2) is 80.0 Å². The van der Waals surface area contributed by atoms with Crippen molar-refractivity contribution in [1.82, 2.24) is 24.8 Å². The average Bonchev–Trinajstić information content (AvgIpc) is 3.43. The number of urea groups is 1. The molecule has 3 amide bonds. The second kappa shape index (κ2) is 11.3. The van der Waals surface area contributed by atoms with E-state index in [1.807, 2.05) is 24.3 Å². The van der Waals surface area contributed by atoms with Crippen molar-refractivity contribution in [1.29, 1.82) is 0 Å². The number of hydrogen-bond acceptors (Lipinski definition) is 8. The number of imidazole rings is 1. The molecular formula is C26H35N7O5. The number of nitrogen functional groups attached to an aromatic ring is 1. The lowest BCUT2D eigenvalue weighted by Gasteiger charge is -2.23.